The number of hydrogen-bond acceptors (Lipinski definition) is 5. The van der Waals surface area contributed by atoms with Gasteiger partial charge in [-0.1, -0.05) is 182 Å². The Kier molecular flexibility index (Phi) is 9.01. The molecule has 12 rings (SSSR count). The Morgan fingerprint density at radius 1 is 0.317 bits per heavy atom. The molecule has 0 spiro atoms. The van der Waals surface area contributed by atoms with E-state index >= 15 is 0 Å². The van der Waals surface area contributed by atoms with Gasteiger partial charge in [-0.3, -0.25) is 4.90 Å². The molecule has 0 radical (unpaired) electrons. The highest BCUT2D eigenvalue weighted by molar-refractivity contribution is 7.99. The average Bonchev–Trinajstić information content (AvgIpc) is 3.70. The van der Waals surface area contributed by atoms with E-state index in [1.807, 2.05) is 60.7 Å². The highest BCUT2D eigenvalue weighted by Gasteiger charge is 2.28. The smallest absolute Gasteiger partial charge is 0.238 e. The number of nitrogens with zero attached hydrogens (tertiary/aromatic N) is 5. The van der Waals surface area contributed by atoms with Gasteiger partial charge in [-0.15, -0.1) is 0 Å². The lowest BCUT2D eigenvalue weighted by Gasteiger charge is -2.31. The second kappa shape index (κ2) is 15.4. The number of anilines is 3. The molecule has 0 fully saturated rings. The number of fused-ring (bicyclic) bond motifs is 5. The molecule has 0 unspecified atom stereocenters. The van der Waals surface area contributed by atoms with Crippen LogP contribution in [0.15, 0.2) is 234 Å². The maximum absolute atomic E-state index is 5.15. The summed E-state index contributed by atoms with van der Waals surface area (Å²) in [4.78, 5) is 19.7. The largest absolute Gasteiger partial charge is 0.309 e. The van der Waals surface area contributed by atoms with Gasteiger partial charge in [0.1, 0.15) is 0 Å². The molecule has 1 aliphatic rings. The highest BCUT2D eigenvalue weighted by Crippen LogP contribution is 2.52. The SMILES string of the molecule is c1ccc(-c2cccc(-n3c4ccccc4c4ccc(-c5cccc(-c6ccc7c(c6)Sc6ccccc6N7c6nc(-c7ccccc7)nc(-c7ccccc7)n6)c5)cc43)c2)cc1. The van der Waals surface area contributed by atoms with Crippen LogP contribution in [0.4, 0.5) is 17.3 Å². The topological polar surface area (TPSA) is 46.8 Å². The van der Waals surface area contributed by atoms with Gasteiger partial charge < -0.3 is 4.57 Å². The first kappa shape index (κ1) is 36.8. The number of aromatic nitrogens is 4. The van der Waals surface area contributed by atoms with Crippen molar-refractivity contribution in [1.29, 1.82) is 0 Å². The first-order valence-electron chi connectivity index (χ1n) is 21.1. The zero-order chi connectivity index (χ0) is 41.7. The van der Waals surface area contributed by atoms with E-state index < -0.39 is 0 Å². The molecule has 0 atom stereocenters. The van der Waals surface area contributed by atoms with E-state index in [-0.39, 0.29) is 0 Å². The van der Waals surface area contributed by atoms with Crippen LogP contribution in [0.2, 0.25) is 0 Å². The molecule has 0 saturated carbocycles. The normalized spacial score (nSPS) is 12.0. The summed E-state index contributed by atoms with van der Waals surface area (Å²) in [5.41, 5.74) is 14.5. The van der Waals surface area contributed by atoms with Crippen molar-refractivity contribution in [3.05, 3.63) is 224 Å². The lowest BCUT2D eigenvalue weighted by atomic mass is 9.98. The Morgan fingerprint density at radius 2 is 0.841 bits per heavy atom. The van der Waals surface area contributed by atoms with Crippen molar-refractivity contribution in [3.8, 4) is 61.8 Å². The lowest BCUT2D eigenvalue weighted by Crippen LogP contribution is -2.18. The third-order valence-electron chi connectivity index (χ3n) is 11.8. The minimum atomic E-state index is 0.575. The van der Waals surface area contributed by atoms with E-state index in [1.54, 1.807) is 11.8 Å². The number of para-hydroxylation sites is 2. The maximum atomic E-state index is 5.15. The van der Waals surface area contributed by atoms with Crippen molar-refractivity contribution in [2.24, 2.45) is 0 Å². The standard InChI is InChI=1S/C57H37N5S/c1-4-16-38(17-5-1)43-24-15-25-46(35-43)61-49-27-11-10-26-47(49)48-32-30-44(36-52(48)61)41-22-14-23-42(34-41)45-31-33-51-54(37-45)63-53-29-13-12-28-50(53)62(51)57-59-55(39-18-6-2-7-19-39)58-56(60-57)40-20-8-3-9-21-40/h1-37H. The van der Waals surface area contributed by atoms with Gasteiger partial charge in [0.15, 0.2) is 11.6 Å². The molecule has 0 aliphatic carbocycles. The second-order valence-corrected chi connectivity index (χ2v) is 16.8. The van der Waals surface area contributed by atoms with E-state index in [0.29, 0.717) is 17.6 Å². The highest BCUT2D eigenvalue weighted by atomic mass is 32.2. The Balaban J connectivity index is 0.949. The Bertz CT molecular complexity index is 3430. The molecule has 296 valence electrons. The van der Waals surface area contributed by atoms with Crippen LogP contribution in [-0.4, -0.2) is 19.5 Å². The van der Waals surface area contributed by atoms with Gasteiger partial charge in [-0.2, -0.15) is 9.97 Å². The van der Waals surface area contributed by atoms with Gasteiger partial charge >= 0.3 is 0 Å². The molecule has 0 N–H and O–H groups in total. The van der Waals surface area contributed by atoms with Crippen molar-refractivity contribution in [2.45, 2.75) is 9.79 Å². The third kappa shape index (κ3) is 6.65. The van der Waals surface area contributed by atoms with Crippen LogP contribution >= 0.6 is 11.8 Å². The Labute approximate surface area is 369 Å². The third-order valence-corrected chi connectivity index (χ3v) is 12.9. The molecule has 5 nitrogen and oxygen atoms in total. The summed E-state index contributed by atoms with van der Waals surface area (Å²) in [5, 5.41) is 2.47. The second-order valence-electron chi connectivity index (χ2n) is 15.7. The van der Waals surface area contributed by atoms with Crippen molar-refractivity contribution >= 4 is 50.9 Å². The number of hydrogen-bond donors (Lipinski definition) is 0. The zero-order valence-electron chi connectivity index (χ0n) is 34.0. The van der Waals surface area contributed by atoms with Crippen LogP contribution < -0.4 is 4.90 Å². The van der Waals surface area contributed by atoms with Crippen LogP contribution in [0, 0.1) is 0 Å². The van der Waals surface area contributed by atoms with Crippen LogP contribution in [0.1, 0.15) is 0 Å². The molecule has 11 aromatic rings. The van der Waals surface area contributed by atoms with Crippen LogP contribution in [0.25, 0.3) is 83.6 Å². The van der Waals surface area contributed by atoms with E-state index in [0.717, 1.165) is 54.7 Å². The summed E-state index contributed by atoms with van der Waals surface area (Å²) in [5.74, 6) is 1.83. The summed E-state index contributed by atoms with van der Waals surface area (Å²) < 4.78 is 2.41. The van der Waals surface area contributed by atoms with E-state index in [2.05, 4.69) is 173 Å². The first-order chi connectivity index (χ1) is 31.2. The van der Waals surface area contributed by atoms with Crippen LogP contribution in [-0.2, 0) is 0 Å². The molecule has 0 amide bonds. The van der Waals surface area contributed by atoms with Gasteiger partial charge in [-0.05, 0) is 88.0 Å². The van der Waals surface area contributed by atoms with E-state index in [1.165, 1.54) is 38.5 Å². The monoisotopic (exact) mass is 823 g/mol. The molecule has 3 heterocycles. The van der Waals surface area contributed by atoms with Crippen molar-refractivity contribution in [1.82, 2.24) is 19.5 Å². The van der Waals surface area contributed by atoms with Gasteiger partial charge in [0.05, 0.1) is 22.4 Å². The maximum Gasteiger partial charge on any atom is 0.238 e. The Hall–Kier alpha value is -8.06. The fourth-order valence-corrected chi connectivity index (χ4v) is 9.91. The fraction of sp³-hybridized carbons (Fsp3) is 0. The summed E-state index contributed by atoms with van der Waals surface area (Å²) in [6.07, 6.45) is 0. The molecule has 9 aromatic carbocycles. The Morgan fingerprint density at radius 3 is 1.57 bits per heavy atom. The molecule has 6 heteroatoms. The minimum absolute atomic E-state index is 0.575. The summed E-state index contributed by atoms with van der Waals surface area (Å²) in [7, 11) is 0. The predicted molar refractivity (Wildman–Crippen MR) is 260 cm³/mol. The predicted octanol–water partition coefficient (Wildman–Crippen LogP) is 15.2. The molecular weight excluding hydrogens is 787 g/mol. The van der Waals surface area contributed by atoms with Gasteiger partial charge in [0.25, 0.3) is 0 Å². The molecule has 1 aliphatic heterocycles. The molecule has 2 aromatic heterocycles. The number of rotatable bonds is 7. The molecular formula is C57H37N5S. The average molecular weight is 824 g/mol. The van der Waals surface area contributed by atoms with E-state index in [9.17, 15) is 0 Å². The van der Waals surface area contributed by atoms with Gasteiger partial charge in [0, 0.05) is 37.4 Å². The van der Waals surface area contributed by atoms with Crippen LogP contribution in [0.3, 0.4) is 0 Å². The fourth-order valence-electron chi connectivity index (χ4n) is 8.81. The quantitative estimate of drug-likeness (QED) is 0.160. The van der Waals surface area contributed by atoms with E-state index in [4.69, 9.17) is 15.0 Å². The van der Waals surface area contributed by atoms with Crippen molar-refractivity contribution in [3.63, 3.8) is 0 Å². The first-order valence-corrected chi connectivity index (χ1v) is 21.9. The number of benzene rings is 9. The van der Waals surface area contributed by atoms with Crippen molar-refractivity contribution < 1.29 is 0 Å². The van der Waals surface area contributed by atoms with Crippen molar-refractivity contribution in [2.75, 3.05) is 4.90 Å². The molecule has 63 heavy (non-hydrogen) atoms. The molecule has 0 bridgehead atoms. The summed E-state index contributed by atoms with van der Waals surface area (Å²) in [6.45, 7) is 0. The summed E-state index contributed by atoms with van der Waals surface area (Å²) >= 11 is 1.78. The van der Waals surface area contributed by atoms with Gasteiger partial charge in [-0.25, -0.2) is 4.98 Å². The minimum Gasteiger partial charge on any atom is -0.309 e. The lowest BCUT2D eigenvalue weighted by molar-refractivity contribution is 1.00. The molecule has 0 saturated heterocycles. The summed E-state index contributed by atoms with van der Waals surface area (Å²) in [6, 6.07) is 79.5. The van der Waals surface area contributed by atoms with Gasteiger partial charge in [0.2, 0.25) is 5.95 Å². The van der Waals surface area contributed by atoms with Crippen LogP contribution in [0.5, 0.6) is 0 Å². The zero-order valence-corrected chi connectivity index (χ0v) is 34.8.